The number of amides is 2. The summed E-state index contributed by atoms with van der Waals surface area (Å²) in [5.74, 6) is -2.67. The van der Waals surface area contributed by atoms with Crippen molar-refractivity contribution in [3.05, 3.63) is 83.9 Å². The fourth-order valence-corrected chi connectivity index (χ4v) is 2.41. The molecule has 3 aromatic rings. The van der Waals surface area contributed by atoms with Gasteiger partial charge in [-0.05, 0) is 43.3 Å². The zero-order valence-corrected chi connectivity index (χ0v) is 15.3. The number of carbonyl (C=O) groups is 3. The third-order valence-electron chi connectivity index (χ3n) is 3.93. The van der Waals surface area contributed by atoms with Gasteiger partial charge in [0.15, 0.2) is 6.10 Å². The second-order valence-electron chi connectivity index (χ2n) is 6.00. The molecule has 0 unspecified atom stereocenters. The summed E-state index contributed by atoms with van der Waals surface area (Å²) < 4.78 is 24.2. The van der Waals surface area contributed by atoms with E-state index in [-0.39, 0.29) is 17.1 Å². The smallest absolute Gasteiger partial charge is 0.375 e. The number of carbonyl (C=O) groups excluding carboxylic acids is 3. The molecule has 0 aliphatic rings. The number of hydrogen-bond acceptors (Lipinski definition) is 5. The van der Waals surface area contributed by atoms with Gasteiger partial charge in [-0.2, -0.15) is 0 Å². The topological polar surface area (TPSA) is 97.6 Å². The van der Waals surface area contributed by atoms with Crippen LogP contribution in [0.2, 0.25) is 0 Å². The molecule has 0 fully saturated rings. The molecular formula is C21H17FN2O5. The first kappa shape index (κ1) is 19.8. The van der Waals surface area contributed by atoms with Crippen LogP contribution in [0.5, 0.6) is 0 Å². The van der Waals surface area contributed by atoms with Gasteiger partial charge in [0, 0.05) is 5.56 Å². The molecule has 2 N–H and O–H groups in total. The van der Waals surface area contributed by atoms with Crippen molar-refractivity contribution in [2.75, 3.05) is 0 Å². The summed E-state index contributed by atoms with van der Waals surface area (Å²) in [7, 11) is 0. The number of ether oxygens (including phenoxy) is 1. The summed E-state index contributed by atoms with van der Waals surface area (Å²) in [5, 5.41) is 0. The molecule has 0 bridgehead atoms. The van der Waals surface area contributed by atoms with Crippen molar-refractivity contribution in [2.45, 2.75) is 13.0 Å². The Kier molecular flexibility index (Phi) is 6.03. The molecule has 1 atom stereocenters. The van der Waals surface area contributed by atoms with E-state index in [1.807, 2.05) is 0 Å². The Morgan fingerprint density at radius 1 is 0.931 bits per heavy atom. The summed E-state index contributed by atoms with van der Waals surface area (Å²) in [4.78, 5) is 36.1. The van der Waals surface area contributed by atoms with Gasteiger partial charge in [0.1, 0.15) is 11.6 Å². The SMILES string of the molecule is C[C@@H](OC(=O)c1ccc(-c2ccccc2F)o1)C(=O)NNC(=O)c1ccccc1. The van der Waals surface area contributed by atoms with E-state index in [2.05, 4.69) is 10.9 Å². The van der Waals surface area contributed by atoms with Gasteiger partial charge < -0.3 is 9.15 Å². The van der Waals surface area contributed by atoms with Gasteiger partial charge in [-0.15, -0.1) is 0 Å². The lowest BCUT2D eigenvalue weighted by Crippen LogP contribution is -2.46. The van der Waals surface area contributed by atoms with Gasteiger partial charge in [0.05, 0.1) is 5.56 Å². The van der Waals surface area contributed by atoms with Crippen molar-refractivity contribution in [2.24, 2.45) is 0 Å². The van der Waals surface area contributed by atoms with Crippen LogP contribution in [0.25, 0.3) is 11.3 Å². The standard InChI is InChI=1S/C21H17FN2O5/c1-13(19(25)23-24-20(26)14-7-3-2-4-8-14)28-21(27)18-12-11-17(29-18)15-9-5-6-10-16(15)22/h2-13H,1H3,(H,23,25)(H,24,26)/t13-/m1/s1. The molecular weight excluding hydrogens is 379 g/mol. The van der Waals surface area contributed by atoms with E-state index < -0.39 is 29.7 Å². The van der Waals surface area contributed by atoms with E-state index in [9.17, 15) is 18.8 Å². The Hall–Kier alpha value is -3.94. The molecule has 0 spiro atoms. The van der Waals surface area contributed by atoms with Crippen LogP contribution in [0.15, 0.2) is 71.1 Å². The minimum absolute atomic E-state index is 0.155. The molecule has 2 amide bonds. The highest BCUT2D eigenvalue weighted by Gasteiger charge is 2.22. The third kappa shape index (κ3) is 4.86. The van der Waals surface area contributed by atoms with Crippen LogP contribution in [0.1, 0.15) is 27.8 Å². The first-order valence-electron chi connectivity index (χ1n) is 8.66. The molecule has 0 aliphatic carbocycles. The van der Waals surface area contributed by atoms with Gasteiger partial charge >= 0.3 is 5.97 Å². The lowest BCUT2D eigenvalue weighted by Gasteiger charge is -2.13. The van der Waals surface area contributed by atoms with Crippen molar-refractivity contribution < 1.29 is 27.9 Å². The van der Waals surface area contributed by atoms with Crippen molar-refractivity contribution in [3.63, 3.8) is 0 Å². The van der Waals surface area contributed by atoms with Gasteiger partial charge in [-0.1, -0.05) is 30.3 Å². The quantitative estimate of drug-likeness (QED) is 0.510. The molecule has 8 heteroatoms. The molecule has 0 aliphatic heterocycles. The first-order chi connectivity index (χ1) is 14.0. The lowest BCUT2D eigenvalue weighted by atomic mass is 10.1. The van der Waals surface area contributed by atoms with E-state index in [1.165, 1.54) is 37.3 Å². The molecule has 29 heavy (non-hydrogen) atoms. The average Bonchev–Trinajstić information content (AvgIpc) is 3.22. The third-order valence-corrected chi connectivity index (χ3v) is 3.93. The molecule has 0 saturated carbocycles. The first-order valence-corrected chi connectivity index (χ1v) is 8.66. The van der Waals surface area contributed by atoms with E-state index in [4.69, 9.17) is 9.15 Å². The largest absolute Gasteiger partial charge is 0.449 e. The monoisotopic (exact) mass is 396 g/mol. The molecule has 1 heterocycles. The highest BCUT2D eigenvalue weighted by molar-refractivity contribution is 5.96. The summed E-state index contributed by atoms with van der Waals surface area (Å²) in [6.45, 7) is 1.34. The lowest BCUT2D eigenvalue weighted by molar-refractivity contribution is -0.129. The van der Waals surface area contributed by atoms with E-state index in [0.717, 1.165) is 0 Å². The van der Waals surface area contributed by atoms with Crippen LogP contribution in [-0.4, -0.2) is 23.9 Å². The zero-order valence-electron chi connectivity index (χ0n) is 15.3. The molecule has 0 radical (unpaired) electrons. The minimum Gasteiger partial charge on any atom is -0.449 e. The maximum absolute atomic E-state index is 13.8. The van der Waals surface area contributed by atoms with Gasteiger partial charge in [-0.25, -0.2) is 9.18 Å². The Bertz CT molecular complexity index is 1030. The number of esters is 1. The molecule has 7 nitrogen and oxygen atoms in total. The van der Waals surface area contributed by atoms with Gasteiger partial charge in [0.2, 0.25) is 5.76 Å². The summed E-state index contributed by atoms with van der Waals surface area (Å²) in [6, 6.07) is 17.0. The molecule has 0 saturated heterocycles. The number of hydrogen-bond donors (Lipinski definition) is 2. The molecule has 148 valence electrons. The van der Waals surface area contributed by atoms with Crippen LogP contribution in [0.4, 0.5) is 4.39 Å². The Balaban J connectivity index is 1.55. The van der Waals surface area contributed by atoms with Gasteiger partial charge in [0.25, 0.3) is 11.8 Å². The number of furan rings is 1. The number of rotatable bonds is 5. The summed E-state index contributed by atoms with van der Waals surface area (Å²) in [6.07, 6.45) is -1.21. The maximum atomic E-state index is 13.8. The Labute approximate surface area is 165 Å². The number of halogens is 1. The minimum atomic E-state index is -1.21. The predicted octanol–water partition coefficient (Wildman–Crippen LogP) is 3.09. The fraction of sp³-hybridized carbons (Fsp3) is 0.0952. The Morgan fingerprint density at radius 3 is 2.34 bits per heavy atom. The fourth-order valence-electron chi connectivity index (χ4n) is 2.41. The van der Waals surface area contributed by atoms with Crippen molar-refractivity contribution in [1.29, 1.82) is 0 Å². The zero-order chi connectivity index (χ0) is 20.8. The van der Waals surface area contributed by atoms with Crippen molar-refractivity contribution >= 4 is 17.8 Å². The highest BCUT2D eigenvalue weighted by atomic mass is 19.1. The van der Waals surface area contributed by atoms with Crippen LogP contribution in [0.3, 0.4) is 0 Å². The molecule has 2 aromatic carbocycles. The second kappa shape index (κ2) is 8.83. The maximum Gasteiger partial charge on any atom is 0.375 e. The van der Waals surface area contributed by atoms with Crippen molar-refractivity contribution in [3.8, 4) is 11.3 Å². The van der Waals surface area contributed by atoms with Crippen LogP contribution in [-0.2, 0) is 9.53 Å². The van der Waals surface area contributed by atoms with E-state index >= 15 is 0 Å². The van der Waals surface area contributed by atoms with E-state index in [1.54, 1.807) is 36.4 Å². The molecule has 3 rings (SSSR count). The normalized spacial score (nSPS) is 11.4. The summed E-state index contributed by atoms with van der Waals surface area (Å²) >= 11 is 0. The van der Waals surface area contributed by atoms with Gasteiger partial charge in [-0.3, -0.25) is 20.4 Å². The second-order valence-corrected chi connectivity index (χ2v) is 6.00. The molecule has 1 aromatic heterocycles. The average molecular weight is 396 g/mol. The number of benzene rings is 2. The predicted molar refractivity (Wildman–Crippen MR) is 101 cm³/mol. The number of nitrogens with one attached hydrogen (secondary N) is 2. The van der Waals surface area contributed by atoms with Crippen LogP contribution >= 0.6 is 0 Å². The van der Waals surface area contributed by atoms with Crippen LogP contribution < -0.4 is 10.9 Å². The summed E-state index contributed by atoms with van der Waals surface area (Å²) in [5.41, 5.74) is 4.96. The Morgan fingerprint density at radius 2 is 1.62 bits per heavy atom. The van der Waals surface area contributed by atoms with Crippen LogP contribution in [0, 0.1) is 5.82 Å². The van der Waals surface area contributed by atoms with E-state index in [0.29, 0.717) is 5.56 Å². The van der Waals surface area contributed by atoms with Crippen molar-refractivity contribution in [1.82, 2.24) is 10.9 Å². The highest BCUT2D eigenvalue weighted by Crippen LogP contribution is 2.25. The number of hydrazine groups is 1.